The van der Waals surface area contributed by atoms with E-state index in [0.717, 1.165) is 155 Å². The number of benzene rings is 15. The summed E-state index contributed by atoms with van der Waals surface area (Å²) in [6.45, 7) is 0. The second-order valence-electron chi connectivity index (χ2n) is 27.3. The topological polar surface area (TPSA) is 66.3 Å². The van der Waals surface area contributed by atoms with Gasteiger partial charge in [-0.1, -0.05) is 200 Å². The van der Waals surface area contributed by atoms with Crippen LogP contribution < -0.4 is 0 Å². The Morgan fingerprint density at radius 1 is 0.212 bits per heavy atom. The summed E-state index contributed by atoms with van der Waals surface area (Å²) >= 11 is 0. The van der Waals surface area contributed by atoms with Crippen molar-refractivity contribution >= 4 is 131 Å². The Hall–Kier alpha value is -14.3. The van der Waals surface area contributed by atoms with Gasteiger partial charge in [0.15, 0.2) is 0 Å². The van der Waals surface area contributed by atoms with Crippen molar-refractivity contribution in [2.45, 2.75) is 0 Å². The van der Waals surface area contributed by atoms with Crippen molar-refractivity contribution in [3.63, 3.8) is 0 Å². The Morgan fingerprint density at radius 2 is 0.500 bits per heavy atom. The highest BCUT2D eigenvalue weighted by atomic mass is 15.1. The van der Waals surface area contributed by atoms with Gasteiger partial charge >= 0.3 is 0 Å². The molecule has 0 bridgehead atoms. The Bertz CT molecular complexity index is 6520. The molecule has 0 aliphatic carbocycles. The van der Waals surface area contributed by atoms with E-state index in [0.29, 0.717) is 5.56 Å². The van der Waals surface area contributed by atoms with Crippen molar-refractivity contribution in [1.82, 2.24) is 32.4 Å². The molecule has 22 aromatic rings. The fourth-order valence-corrected chi connectivity index (χ4v) is 17.5. The van der Waals surface area contributed by atoms with E-state index in [1.165, 1.54) is 43.1 Å². The van der Waals surface area contributed by atoms with E-state index >= 15 is 0 Å². The van der Waals surface area contributed by atoms with Crippen molar-refractivity contribution in [1.29, 1.82) is 5.26 Å². The van der Waals surface area contributed by atoms with Crippen molar-refractivity contribution < 1.29 is 0 Å². The number of rotatable bonds is 9. The summed E-state index contributed by atoms with van der Waals surface area (Å²) in [7, 11) is 0. The molecule has 0 saturated heterocycles. The lowest BCUT2D eigenvalue weighted by molar-refractivity contribution is 1.11. The Labute approximate surface area is 596 Å². The number of nitrogens with zero attached hydrogens (tertiary/aromatic N) is 8. The molecule has 8 nitrogen and oxygen atoms in total. The highest BCUT2D eigenvalue weighted by Gasteiger charge is 2.27. The molecule has 0 saturated carbocycles. The van der Waals surface area contributed by atoms with Gasteiger partial charge in [0.2, 0.25) is 0 Å². The molecule has 8 heteroatoms. The van der Waals surface area contributed by atoms with Crippen LogP contribution in [0.1, 0.15) is 5.56 Å². The monoisotopic (exact) mass is 1320 g/mol. The number of fused-ring (bicyclic) bond motifs is 18. The molecular weight excluding hydrogens is 1270 g/mol. The molecule has 0 amide bonds. The van der Waals surface area contributed by atoms with E-state index < -0.39 is 0 Å². The molecule has 104 heavy (non-hydrogen) atoms. The Balaban J connectivity index is 0.859. The van der Waals surface area contributed by atoms with Crippen LogP contribution in [0, 0.1) is 11.3 Å². The third kappa shape index (κ3) is 8.38. The summed E-state index contributed by atoms with van der Waals surface area (Å²) in [5.41, 5.74) is 24.8. The van der Waals surface area contributed by atoms with Crippen LogP contribution >= 0.6 is 0 Å². The number of pyridine rings is 1. The second-order valence-corrected chi connectivity index (χ2v) is 27.3. The van der Waals surface area contributed by atoms with Gasteiger partial charge in [-0.3, -0.25) is 4.98 Å². The summed E-state index contributed by atoms with van der Waals surface area (Å²) in [5, 5.41) is 26.4. The summed E-state index contributed by atoms with van der Waals surface area (Å²) in [6, 6.07) is 128. The van der Waals surface area contributed by atoms with Gasteiger partial charge in [0.05, 0.1) is 83.3 Å². The maximum Gasteiger partial charge on any atom is 0.104 e. The van der Waals surface area contributed by atoms with Crippen molar-refractivity contribution in [3.05, 3.63) is 358 Å². The fraction of sp³-hybridized carbons (Fsp3) is 0. The predicted molar refractivity (Wildman–Crippen MR) is 431 cm³/mol. The molecule has 7 aromatic heterocycles. The molecule has 0 atom stereocenters. The zero-order valence-electron chi connectivity index (χ0n) is 56.1. The van der Waals surface area contributed by atoms with Gasteiger partial charge in [0.1, 0.15) is 11.6 Å². The second kappa shape index (κ2) is 22.4. The van der Waals surface area contributed by atoms with Crippen LogP contribution in [-0.2, 0) is 0 Å². The van der Waals surface area contributed by atoms with Gasteiger partial charge in [-0.15, -0.1) is 0 Å². The zero-order chi connectivity index (χ0) is 68.3. The first-order valence-corrected chi connectivity index (χ1v) is 35.4. The molecular formula is C96H58N8. The van der Waals surface area contributed by atoms with Gasteiger partial charge in [-0.25, -0.2) is 0 Å². The SMILES string of the molecule is N#Cc1c(-n2c3ccc(-n4c5ccccc5c5ccccc54)cc3c3cc(-n4c5ccccc5c5ccccc54)ccc32)cc(-c2cccnc2-c2cccc(-c3ccccc3)c2)cc1-n1c2ccc(-n3c4ccccc4c4ccccc43)cc2c2cc(-n3c4ccccc4c4ccccc43)ccc21. The van der Waals surface area contributed by atoms with Crippen LogP contribution in [0.15, 0.2) is 352 Å². The van der Waals surface area contributed by atoms with Crippen LogP contribution in [0.5, 0.6) is 0 Å². The normalized spacial score (nSPS) is 12.0. The minimum Gasteiger partial charge on any atom is -0.309 e. The van der Waals surface area contributed by atoms with Crippen LogP contribution in [0.4, 0.5) is 0 Å². The molecule has 0 spiro atoms. The molecule has 0 unspecified atom stereocenters. The number of nitriles is 1. The predicted octanol–water partition coefficient (Wildman–Crippen LogP) is 24.5. The first-order chi connectivity index (χ1) is 51.6. The van der Waals surface area contributed by atoms with Crippen LogP contribution in [0.25, 0.3) is 198 Å². The maximum atomic E-state index is 12.7. The van der Waals surface area contributed by atoms with E-state index in [-0.39, 0.29) is 0 Å². The Kier molecular flexibility index (Phi) is 12.4. The van der Waals surface area contributed by atoms with Gasteiger partial charge in [-0.2, -0.15) is 5.26 Å². The number of hydrogen-bond donors (Lipinski definition) is 0. The Morgan fingerprint density at radius 3 is 0.827 bits per heavy atom. The summed E-state index contributed by atoms with van der Waals surface area (Å²) < 4.78 is 14.3. The maximum absolute atomic E-state index is 12.7. The van der Waals surface area contributed by atoms with E-state index in [4.69, 9.17) is 4.98 Å². The summed E-state index contributed by atoms with van der Waals surface area (Å²) in [5.74, 6) is 0. The molecule has 0 aliphatic rings. The van der Waals surface area contributed by atoms with E-state index in [1.54, 1.807) is 0 Å². The smallest absolute Gasteiger partial charge is 0.104 e. The minimum atomic E-state index is 0.513. The van der Waals surface area contributed by atoms with E-state index in [1.807, 2.05) is 12.3 Å². The first kappa shape index (κ1) is 57.6. The van der Waals surface area contributed by atoms with Gasteiger partial charge in [-0.05, 0) is 162 Å². The molecule has 0 radical (unpaired) electrons. The van der Waals surface area contributed by atoms with Gasteiger partial charge in [0.25, 0.3) is 0 Å². The number of hydrogen-bond acceptors (Lipinski definition) is 2. The van der Waals surface area contributed by atoms with Crippen molar-refractivity contribution in [2.75, 3.05) is 0 Å². The third-order valence-corrected chi connectivity index (χ3v) is 21.9. The molecule has 22 rings (SSSR count). The molecule has 0 N–H and O–H groups in total. The fourth-order valence-electron chi connectivity index (χ4n) is 17.5. The lowest BCUT2D eigenvalue weighted by Crippen LogP contribution is -2.06. The molecule has 0 aliphatic heterocycles. The molecule has 0 fully saturated rings. The van der Waals surface area contributed by atoms with Crippen LogP contribution in [0.2, 0.25) is 0 Å². The molecule has 7 heterocycles. The lowest BCUT2D eigenvalue weighted by atomic mass is 9.94. The quantitative estimate of drug-likeness (QED) is 0.145. The van der Waals surface area contributed by atoms with Gasteiger partial charge < -0.3 is 27.4 Å². The highest BCUT2D eigenvalue weighted by Crippen LogP contribution is 2.47. The van der Waals surface area contributed by atoms with Crippen molar-refractivity contribution in [3.8, 4) is 73.7 Å². The minimum absolute atomic E-state index is 0.513. The largest absolute Gasteiger partial charge is 0.309 e. The van der Waals surface area contributed by atoms with Crippen LogP contribution in [-0.4, -0.2) is 32.4 Å². The number of para-hydroxylation sites is 8. The average Bonchev–Trinajstić information content (AvgIpc) is 1.54. The molecule has 15 aromatic carbocycles. The first-order valence-electron chi connectivity index (χ1n) is 35.4. The van der Waals surface area contributed by atoms with Crippen LogP contribution in [0.3, 0.4) is 0 Å². The molecule has 482 valence electrons. The summed E-state index contributed by atoms with van der Waals surface area (Å²) in [4.78, 5) is 5.31. The zero-order valence-corrected chi connectivity index (χ0v) is 56.1. The van der Waals surface area contributed by atoms with Gasteiger partial charge in [0, 0.05) is 105 Å². The van der Waals surface area contributed by atoms with E-state index in [2.05, 4.69) is 373 Å². The average molecular weight is 1320 g/mol. The standard InChI is InChI=1S/C96H58N8/c97-59-81-94(103-90-47-43-64(99-82-35-12-4-26-69(82)70-27-5-13-36-83(70)99)55-77(90)78-56-65(44-48-91(78)103)100-84-37-14-6-28-71(84)72-29-7-15-38-85(72)100)53-63(68-34-21-51-98-96(68)62-25-20-24-61(52-62)60-22-2-1-3-23-60)54-95(81)104-92-49-45-66(101-86-39-16-8-30-73(86)74-31-9-17-40-87(74)101)57-79(92)80-58-67(46-50-93(80)104)102-88-41-18-10-32-75(88)76-33-11-19-42-89(76)102/h1-58H. The van der Waals surface area contributed by atoms with Crippen molar-refractivity contribution in [2.24, 2.45) is 0 Å². The highest BCUT2D eigenvalue weighted by molar-refractivity contribution is 6.17. The summed E-state index contributed by atoms with van der Waals surface area (Å²) in [6.07, 6.45) is 1.90. The van der Waals surface area contributed by atoms with E-state index in [9.17, 15) is 5.26 Å². The number of aromatic nitrogens is 7. The third-order valence-electron chi connectivity index (χ3n) is 21.9. The lowest BCUT2D eigenvalue weighted by Gasteiger charge is -2.20.